The second kappa shape index (κ2) is 11.3. The molecule has 0 unspecified atom stereocenters. The van der Waals surface area contributed by atoms with Crippen LogP contribution in [0.3, 0.4) is 0 Å². The predicted molar refractivity (Wildman–Crippen MR) is 61.2 cm³/mol. The molecule has 0 aliphatic heterocycles. The quantitative estimate of drug-likeness (QED) is 0.167. The zero-order valence-electron chi connectivity index (χ0n) is 9.54. The third-order valence-corrected chi connectivity index (χ3v) is 1.97. The molecule has 0 aliphatic carbocycles. The SMILES string of the molecule is CCCCOCCCNCCC(N)=NO. The van der Waals surface area contributed by atoms with E-state index in [2.05, 4.69) is 17.4 Å². The minimum Gasteiger partial charge on any atom is -0.409 e. The number of ether oxygens (including phenoxy) is 1. The molecule has 0 spiro atoms. The van der Waals surface area contributed by atoms with Gasteiger partial charge in [0.2, 0.25) is 0 Å². The van der Waals surface area contributed by atoms with E-state index in [0.717, 1.165) is 39.1 Å². The molecule has 15 heavy (non-hydrogen) atoms. The van der Waals surface area contributed by atoms with Gasteiger partial charge in [0.25, 0.3) is 0 Å². The summed E-state index contributed by atoms with van der Waals surface area (Å²) in [5.74, 6) is 0.265. The number of oxime groups is 1. The van der Waals surface area contributed by atoms with Crippen molar-refractivity contribution in [3.05, 3.63) is 0 Å². The molecule has 5 nitrogen and oxygen atoms in total. The minimum absolute atomic E-state index is 0.265. The van der Waals surface area contributed by atoms with Gasteiger partial charge in [0.1, 0.15) is 5.84 Å². The zero-order valence-corrected chi connectivity index (χ0v) is 9.54. The topological polar surface area (TPSA) is 79.9 Å². The standard InChI is InChI=1S/C10H23N3O2/c1-2-3-8-15-9-4-6-12-7-5-10(11)13-14/h12,14H,2-9H2,1H3,(H2,11,13). The Labute approximate surface area is 91.7 Å². The lowest BCUT2D eigenvalue weighted by Crippen LogP contribution is -2.23. The highest BCUT2D eigenvalue weighted by Crippen LogP contribution is 1.89. The molecule has 0 saturated heterocycles. The van der Waals surface area contributed by atoms with Gasteiger partial charge in [-0.25, -0.2) is 0 Å². The van der Waals surface area contributed by atoms with E-state index >= 15 is 0 Å². The number of unbranched alkanes of at least 4 members (excludes halogenated alkanes) is 1. The Morgan fingerprint density at radius 3 is 2.73 bits per heavy atom. The summed E-state index contributed by atoms with van der Waals surface area (Å²) in [6.07, 6.45) is 3.89. The van der Waals surface area contributed by atoms with Crippen LogP contribution in [0.25, 0.3) is 0 Å². The third-order valence-electron chi connectivity index (χ3n) is 1.97. The summed E-state index contributed by atoms with van der Waals surface area (Å²) in [5, 5.41) is 14.3. The van der Waals surface area contributed by atoms with Gasteiger partial charge < -0.3 is 21.0 Å². The first-order valence-electron chi connectivity index (χ1n) is 5.56. The number of nitrogens with zero attached hydrogens (tertiary/aromatic N) is 1. The maximum absolute atomic E-state index is 8.27. The van der Waals surface area contributed by atoms with Crippen molar-refractivity contribution in [2.24, 2.45) is 10.9 Å². The first-order chi connectivity index (χ1) is 7.31. The molecule has 0 aliphatic rings. The van der Waals surface area contributed by atoms with Gasteiger partial charge in [-0.05, 0) is 19.4 Å². The number of nitrogens with one attached hydrogen (secondary N) is 1. The van der Waals surface area contributed by atoms with E-state index in [-0.39, 0.29) is 5.84 Å². The highest BCUT2D eigenvalue weighted by atomic mass is 16.5. The van der Waals surface area contributed by atoms with Crippen LogP contribution < -0.4 is 11.1 Å². The van der Waals surface area contributed by atoms with Gasteiger partial charge in [0.05, 0.1) is 0 Å². The smallest absolute Gasteiger partial charge is 0.140 e. The molecule has 0 radical (unpaired) electrons. The Morgan fingerprint density at radius 1 is 1.33 bits per heavy atom. The van der Waals surface area contributed by atoms with Crippen LogP contribution in [0.2, 0.25) is 0 Å². The molecule has 0 bridgehead atoms. The Kier molecular flexibility index (Phi) is 10.7. The van der Waals surface area contributed by atoms with Gasteiger partial charge in [0, 0.05) is 26.2 Å². The second-order valence-corrected chi connectivity index (χ2v) is 3.41. The fraction of sp³-hybridized carbons (Fsp3) is 0.900. The van der Waals surface area contributed by atoms with Crippen LogP contribution in [-0.2, 0) is 4.74 Å². The summed E-state index contributed by atoms with van der Waals surface area (Å²) in [6.45, 7) is 5.46. The van der Waals surface area contributed by atoms with Crippen molar-refractivity contribution in [2.75, 3.05) is 26.3 Å². The molecule has 0 amide bonds. The molecule has 0 aromatic heterocycles. The van der Waals surface area contributed by atoms with Crippen LogP contribution in [0, 0.1) is 0 Å². The maximum Gasteiger partial charge on any atom is 0.140 e. The fourth-order valence-corrected chi connectivity index (χ4v) is 1.04. The molecule has 0 aromatic rings. The van der Waals surface area contributed by atoms with Crippen LogP contribution in [0.5, 0.6) is 0 Å². The number of hydrogen-bond donors (Lipinski definition) is 3. The van der Waals surface area contributed by atoms with Crippen LogP contribution in [0.4, 0.5) is 0 Å². The molecule has 5 heteroatoms. The molecule has 0 heterocycles. The summed E-state index contributed by atoms with van der Waals surface area (Å²) in [7, 11) is 0. The number of amidine groups is 1. The summed E-state index contributed by atoms with van der Waals surface area (Å²) in [5.41, 5.74) is 5.30. The number of rotatable bonds is 10. The fourth-order valence-electron chi connectivity index (χ4n) is 1.04. The summed E-state index contributed by atoms with van der Waals surface area (Å²) < 4.78 is 5.39. The van der Waals surface area contributed by atoms with Crippen molar-refractivity contribution in [1.82, 2.24) is 5.32 Å². The average molecular weight is 217 g/mol. The van der Waals surface area contributed by atoms with E-state index in [9.17, 15) is 0 Å². The lowest BCUT2D eigenvalue weighted by atomic mass is 10.3. The lowest BCUT2D eigenvalue weighted by molar-refractivity contribution is 0.129. The molecule has 4 N–H and O–H groups in total. The molecule has 0 aromatic carbocycles. The van der Waals surface area contributed by atoms with Crippen molar-refractivity contribution >= 4 is 5.84 Å². The lowest BCUT2D eigenvalue weighted by Gasteiger charge is -2.04. The third kappa shape index (κ3) is 11.1. The maximum atomic E-state index is 8.27. The van der Waals surface area contributed by atoms with Crippen molar-refractivity contribution in [2.45, 2.75) is 32.6 Å². The van der Waals surface area contributed by atoms with Crippen molar-refractivity contribution in [3.63, 3.8) is 0 Å². The van der Waals surface area contributed by atoms with Gasteiger partial charge in [-0.2, -0.15) is 0 Å². The van der Waals surface area contributed by atoms with Gasteiger partial charge in [-0.1, -0.05) is 18.5 Å². The molecule has 90 valence electrons. The zero-order chi connectivity index (χ0) is 11.4. The van der Waals surface area contributed by atoms with Crippen LogP contribution in [0.1, 0.15) is 32.6 Å². The monoisotopic (exact) mass is 217 g/mol. The molecular weight excluding hydrogens is 194 g/mol. The van der Waals surface area contributed by atoms with E-state index < -0.39 is 0 Å². The molecule has 0 atom stereocenters. The van der Waals surface area contributed by atoms with Crippen LogP contribution in [0.15, 0.2) is 5.16 Å². The number of hydrogen-bond acceptors (Lipinski definition) is 4. The normalized spacial score (nSPS) is 11.9. The summed E-state index contributed by atoms with van der Waals surface area (Å²) >= 11 is 0. The average Bonchev–Trinajstić information content (AvgIpc) is 2.26. The second-order valence-electron chi connectivity index (χ2n) is 3.41. The molecule has 0 saturated carbocycles. The van der Waals surface area contributed by atoms with Gasteiger partial charge in [-0.15, -0.1) is 0 Å². The predicted octanol–water partition coefficient (Wildman–Crippen LogP) is 0.919. The van der Waals surface area contributed by atoms with Crippen LogP contribution >= 0.6 is 0 Å². The Morgan fingerprint density at radius 2 is 2.07 bits per heavy atom. The van der Waals surface area contributed by atoms with Crippen molar-refractivity contribution < 1.29 is 9.94 Å². The molecular formula is C10H23N3O2. The van der Waals surface area contributed by atoms with E-state index in [1.165, 1.54) is 6.42 Å². The van der Waals surface area contributed by atoms with Gasteiger partial charge in [-0.3, -0.25) is 0 Å². The van der Waals surface area contributed by atoms with Gasteiger partial charge >= 0.3 is 0 Å². The number of nitrogens with two attached hydrogens (primary N) is 1. The first kappa shape index (κ1) is 14.2. The minimum atomic E-state index is 0.265. The molecule has 0 fully saturated rings. The Hall–Kier alpha value is -0.810. The summed E-state index contributed by atoms with van der Waals surface area (Å²) in [4.78, 5) is 0. The highest BCUT2D eigenvalue weighted by molar-refractivity contribution is 5.79. The van der Waals surface area contributed by atoms with E-state index in [4.69, 9.17) is 15.7 Å². The van der Waals surface area contributed by atoms with E-state index in [1.54, 1.807) is 0 Å². The van der Waals surface area contributed by atoms with Crippen LogP contribution in [-0.4, -0.2) is 37.3 Å². The first-order valence-corrected chi connectivity index (χ1v) is 5.56. The van der Waals surface area contributed by atoms with Gasteiger partial charge in [0.15, 0.2) is 0 Å². The van der Waals surface area contributed by atoms with E-state index in [1.807, 2.05) is 0 Å². The van der Waals surface area contributed by atoms with Crippen molar-refractivity contribution in [1.29, 1.82) is 0 Å². The highest BCUT2D eigenvalue weighted by Gasteiger charge is 1.93. The Balaban J connectivity index is 2.99. The summed E-state index contributed by atoms with van der Waals surface area (Å²) in [6, 6.07) is 0. The van der Waals surface area contributed by atoms with Crippen molar-refractivity contribution in [3.8, 4) is 0 Å². The molecule has 0 rings (SSSR count). The largest absolute Gasteiger partial charge is 0.409 e. The van der Waals surface area contributed by atoms with E-state index in [0.29, 0.717) is 6.42 Å². The Bertz CT molecular complexity index is 163.